The minimum absolute atomic E-state index is 0.206. The Kier molecular flexibility index (Phi) is 7.22. The van der Waals surface area contributed by atoms with Crippen molar-refractivity contribution in [3.63, 3.8) is 0 Å². The number of carbonyl (C=O) groups is 1. The fourth-order valence-corrected chi connectivity index (χ4v) is 5.84. The average Bonchev–Trinajstić information content (AvgIpc) is 3.18. The van der Waals surface area contributed by atoms with Crippen LogP contribution in [0.4, 0.5) is 0 Å². The number of aromatic nitrogens is 2. The van der Waals surface area contributed by atoms with E-state index in [1.807, 2.05) is 20.8 Å². The lowest BCUT2D eigenvalue weighted by Crippen LogP contribution is -2.16. The zero-order valence-electron chi connectivity index (χ0n) is 20.8. The number of carbonyl (C=O) groups excluding carboxylic acids is 1. The number of nitrogens with zero attached hydrogens (tertiary/aromatic N) is 2. The van der Waals surface area contributed by atoms with Crippen LogP contribution in [0.25, 0.3) is 16.8 Å². The van der Waals surface area contributed by atoms with Gasteiger partial charge in [0.2, 0.25) is 0 Å². The summed E-state index contributed by atoms with van der Waals surface area (Å²) in [6.45, 7) is 8.12. The Labute approximate surface area is 207 Å². The summed E-state index contributed by atoms with van der Waals surface area (Å²) in [5, 5.41) is 0. The van der Waals surface area contributed by atoms with Gasteiger partial charge in [0, 0.05) is 12.6 Å². The van der Waals surface area contributed by atoms with Crippen LogP contribution in [-0.2, 0) is 27.5 Å². The molecule has 0 saturated heterocycles. The molecule has 0 aliphatic rings. The molecule has 0 unspecified atom stereocenters. The SMILES string of the molecule is CCc1cc2c(C)nc(C)cn2c1-c1ccc(CCCC(=O)CS(=O)(=O)c2ccc(C)cc2)cc1. The number of aryl methyl sites for hydroxylation is 5. The minimum atomic E-state index is -3.59. The normalized spacial score (nSPS) is 11.8. The second-order valence-electron chi connectivity index (χ2n) is 9.26. The Balaban J connectivity index is 1.41. The van der Waals surface area contributed by atoms with E-state index < -0.39 is 15.6 Å². The van der Waals surface area contributed by atoms with Gasteiger partial charge in [-0.05, 0) is 74.9 Å². The topological polar surface area (TPSA) is 68.5 Å². The summed E-state index contributed by atoms with van der Waals surface area (Å²) in [4.78, 5) is 17.2. The van der Waals surface area contributed by atoms with Gasteiger partial charge in [0.15, 0.2) is 9.84 Å². The van der Waals surface area contributed by atoms with E-state index >= 15 is 0 Å². The molecular weight excluding hydrogens is 456 g/mol. The predicted octanol–water partition coefficient (Wildman–Crippen LogP) is 5.85. The first-order valence-corrected chi connectivity index (χ1v) is 13.7. The fraction of sp³-hybridized carbons (Fsp3) is 0.310. The summed E-state index contributed by atoms with van der Waals surface area (Å²) in [5.41, 5.74) is 8.89. The van der Waals surface area contributed by atoms with Crippen LogP contribution in [0, 0.1) is 20.8 Å². The Hall–Kier alpha value is -3.25. The van der Waals surface area contributed by atoms with Crippen molar-refractivity contribution in [1.82, 2.24) is 9.38 Å². The molecular formula is C29H32N2O3S. The predicted molar refractivity (Wildman–Crippen MR) is 141 cm³/mol. The van der Waals surface area contributed by atoms with Gasteiger partial charge in [-0.3, -0.25) is 9.78 Å². The second kappa shape index (κ2) is 10.2. The number of fused-ring (bicyclic) bond motifs is 1. The van der Waals surface area contributed by atoms with E-state index in [-0.39, 0.29) is 17.1 Å². The van der Waals surface area contributed by atoms with Crippen molar-refractivity contribution in [1.29, 1.82) is 0 Å². The third-order valence-electron chi connectivity index (χ3n) is 6.41. The van der Waals surface area contributed by atoms with E-state index in [2.05, 4.69) is 52.8 Å². The number of Topliss-reactive ketones (excluding diaryl/α,β-unsaturated/α-hetero) is 1. The van der Waals surface area contributed by atoms with E-state index in [0.29, 0.717) is 6.42 Å². The van der Waals surface area contributed by atoms with Gasteiger partial charge in [-0.15, -0.1) is 0 Å². The van der Waals surface area contributed by atoms with Crippen LogP contribution in [-0.4, -0.2) is 29.3 Å². The number of benzene rings is 2. The van der Waals surface area contributed by atoms with E-state index in [4.69, 9.17) is 0 Å². The lowest BCUT2D eigenvalue weighted by molar-refractivity contribution is -0.116. The number of ketones is 1. The molecule has 6 heteroatoms. The molecule has 4 rings (SSSR count). The Morgan fingerprint density at radius 1 is 0.971 bits per heavy atom. The Bertz CT molecular complexity index is 1470. The van der Waals surface area contributed by atoms with Gasteiger partial charge >= 0.3 is 0 Å². The van der Waals surface area contributed by atoms with Crippen LogP contribution >= 0.6 is 0 Å². The molecule has 35 heavy (non-hydrogen) atoms. The molecule has 2 heterocycles. The third kappa shape index (κ3) is 5.54. The van der Waals surface area contributed by atoms with Crippen LogP contribution in [0.1, 0.15) is 47.8 Å². The lowest BCUT2D eigenvalue weighted by Gasteiger charge is -2.09. The number of rotatable bonds is 9. The van der Waals surface area contributed by atoms with Gasteiger partial charge in [-0.1, -0.05) is 48.9 Å². The van der Waals surface area contributed by atoms with E-state index in [0.717, 1.165) is 46.4 Å². The molecule has 0 bridgehead atoms. The number of hydrogen-bond donors (Lipinski definition) is 0. The summed E-state index contributed by atoms with van der Waals surface area (Å²) in [6.07, 6.45) is 4.63. The molecule has 182 valence electrons. The van der Waals surface area contributed by atoms with Gasteiger partial charge in [0.05, 0.1) is 27.5 Å². The molecule has 0 amide bonds. The van der Waals surface area contributed by atoms with Gasteiger partial charge in [0.25, 0.3) is 0 Å². The summed E-state index contributed by atoms with van der Waals surface area (Å²) >= 11 is 0. The first kappa shape index (κ1) is 24.9. The van der Waals surface area contributed by atoms with Crippen molar-refractivity contribution in [3.05, 3.63) is 88.9 Å². The van der Waals surface area contributed by atoms with Crippen molar-refractivity contribution in [3.8, 4) is 11.3 Å². The average molecular weight is 489 g/mol. The minimum Gasteiger partial charge on any atom is -0.313 e. The molecule has 0 atom stereocenters. The van der Waals surface area contributed by atoms with Crippen molar-refractivity contribution in [2.45, 2.75) is 58.3 Å². The molecule has 0 aliphatic carbocycles. The summed E-state index contributed by atoms with van der Waals surface area (Å²) in [6, 6.07) is 17.3. The van der Waals surface area contributed by atoms with E-state index in [9.17, 15) is 13.2 Å². The summed E-state index contributed by atoms with van der Waals surface area (Å²) < 4.78 is 27.2. The van der Waals surface area contributed by atoms with Crippen LogP contribution < -0.4 is 0 Å². The monoisotopic (exact) mass is 488 g/mol. The van der Waals surface area contributed by atoms with Crippen molar-refractivity contribution < 1.29 is 13.2 Å². The highest BCUT2D eigenvalue weighted by atomic mass is 32.2. The van der Waals surface area contributed by atoms with Crippen molar-refractivity contribution in [2.24, 2.45) is 0 Å². The first-order valence-electron chi connectivity index (χ1n) is 12.1. The zero-order valence-corrected chi connectivity index (χ0v) is 21.7. The maximum absolute atomic E-state index is 12.5. The highest BCUT2D eigenvalue weighted by Crippen LogP contribution is 2.30. The maximum Gasteiger partial charge on any atom is 0.185 e. The Morgan fingerprint density at radius 3 is 2.31 bits per heavy atom. The Morgan fingerprint density at radius 2 is 1.66 bits per heavy atom. The van der Waals surface area contributed by atoms with Crippen molar-refractivity contribution in [2.75, 3.05) is 5.75 Å². The number of sulfone groups is 1. The molecule has 2 aromatic carbocycles. The smallest absolute Gasteiger partial charge is 0.185 e. The van der Waals surface area contributed by atoms with Gasteiger partial charge in [0.1, 0.15) is 11.5 Å². The van der Waals surface area contributed by atoms with Crippen molar-refractivity contribution >= 4 is 21.1 Å². The van der Waals surface area contributed by atoms with Gasteiger partial charge in [-0.2, -0.15) is 0 Å². The van der Waals surface area contributed by atoms with Gasteiger partial charge in [-0.25, -0.2) is 8.42 Å². The molecule has 2 aromatic heterocycles. The molecule has 0 N–H and O–H groups in total. The molecule has 0 spiro atoms. The summed E-state index contributed by atoms with van der Waals surface area (Å²) in [5.74, 6) is -0.683. The first-order chi connectivity index (χ1) is 16.7. The fourth-order valence-electron chi connectivity index (χ4n) is 4.55. The van der Waals surface area contributed by atoms with Crippen LogP contribution in [0.5, 0.6) is 0 Å². The second-order valence-corrected chi connectivity index (χ2v) is 11.2. The highest BCUT2D eigenvalue weighted by Gasteiger charge is 2.19. The molecule has 5 nitrogen and oxygen atoms in total. The van der Waals surface area contributed by atoms with E-state index in [1.54, 1.807) is 24.3 Å². The molecule has 0 fully saturated rings. The molecule has 4 aromatic rings. The van der Waals surface area contributed by atoms with Crippen LogP contribution in [0.15, 0.2) is 65.7 Å². The third-order valence-corrected chi connectivity index (χ3v) is 8.10. The largest absolute Gasteiger partial charge is 0.313 e. The van der Waals surface area contributed by atoms with Crippen LogP contribution in [0.3, 0.4) is 0 Å². The summed E-state index contributed by atoms with van der Waals surface area (Å²) in [7, 11) is -3.59. The highest BCUT2D eigenvalue weighted by molar-refractivity contribution is 7.92. The maximum atomic E-state index is 12.5. The quantitative estimate of drug-likeness (QED) is 0.296. The lowest BCUT2D eigenvalue weighted by atomic mass is 10.0. The number of hydrogen-bond acceptors (Lipinski definition) is 4. The molecule has 0 saturated carbocycles. The van der Waals surface area contributed by atoms with Gasteiger partial charge < -0.3 is 4.40 Å². The van der Waals surface area contributed by atoms with E-state index in [1.165, 1.54) is 11.3 Å². The zero-order chi connectivity index (χ0) is 25.2. The van der Waals surface area contributed by atoms with Crippen LogP contribution in [0.2, 0.25) is 0 Å². The molecule has 0 radical (unpaired) electrons. The molecule has 0 aliphatic heterocycles. The standard InChI is InChI=1S/C29H32N2O3S/c1-5-24-17-28-22(4)30-21(3)18-31(28)29(24)25-13-11-23(12-14-25)7-6-8-26(32)19-35(33,34)27-15-9-20(2)10-16-27/h9-18H,5-8,19H2,1-4H3.